The highest BCUT2D eigenvalue weighted by atomic mass is 31.1. The number of hydrogen-bond donors (Lipinski definition) is 0. The van der Waals surface area contributed by atoms with E-state index in [-0.39, 0.29) is 0 Å². The lowest BCUT2D eigenvalue weighted by Gasteiger charge is -2.29. The molecule has 0 aromatic heterocycles. The van der Waals surface area contributed by atoms with Crippen LogP contribution in [0.25, 0.3) is 0 Å². The number of nitrogens with zero attached hydrogens (tertiary/aromatic N) is 2. The third-order valence-electron chi connectivity index (χ3n) is 5.26. The maximum absolute atomic E-state index is 5.41. The first-order valence-electron chi connectivity index (χ1n) is 9.96. The average Bonchev–Trinajstić information content (AvgIpc) is 3.15. The van der Waals surface area contributed by atoms with E-state index in [2.05, 4.69) is 79.5 Å². The third kappa shape index (κ3) is 4.97. The molecule has 0 unspecified atom stereocenters. The second-order valence-corrected chi connectivity index (χ2v) is 9.62. The summed E-state index contributed by atoms with van der Waals surface area (Å²) >= 11 is 0. The Kier molecular flexibility index (Phi) is 7.43. The summed E-state index contributed by atoms with van der Waals surface area (Å²) in [5.74, 6) is 0. The number of ether oxygens (including phenoxy) is 1. The zero-order chi connectivity index (χ0) is 19.1. The number of hydrazone groups is 1. The molecule has 1 aliphatic rings. The van der Waals surface area contributed by atoms with E-state index in [4.69, 9.17) is 9.84 Å². The van der Waals surface area contributed by atoms with E-state index in [9.17, 15) is 0 Å². The van der Waals surface area contributed by atoms with Gasteiger partial charge in [-0.3, -0.25) is 5.01 Å². The van der Waals surface area contributed by atoms with E-state index in [0.717, 1.165) is 19.6 Å². The second kappa shape index (κ2) is 10.0. The Morgan fingerprint density at radius 1 is 1.11 bits per heavy atom. The van der Waals surface area contributed by atoms with Crippen molar-refractivity contribution in [2.75, 3.05) is 20.3 Å². The Labute approximate surface area is 165 Å². The van der Waals surface area contributed by atoms with Gasteiger partial charge in [-0.05, 0) is 37.8 Å². The fraction of sp³-hybridized carbons (Fsp3) is 0.435. The Hall–Kier alpha value is -1.70. The van der Waals surface area contributed by atoms with Crippen LogP contribution >= 0.6 is 7.92 Å². The van der Waals surface area contributed by atoms with E-state index in [1.165, 1.54) is 29.2 Å². The third-order valence-corrected chi connectivity index (χ3v) is 8.04. The van der Waals surface area contributed by atoms with Crippen molar-refractivity contribution < 1.29 is 4.74 Å². The predicted octanol–water partition coefficient (Wildman–Crippen LogP) is 4.38. The normalized spacial score (nSPS) is 18.9. The molecular formula is C23H31N2OP. The minimum absolute atomic E-state index is 0.401. The molecule has 0 spiro atoms. The summed E-state index contributed by atoms with van der Waals surface area (Å²) in [7, 11) is 1.30. The van der Waals surface area contributed by atoms with Gasteiger partial charge in [0.1, 0.15) is 0 Å². The molecule has 2 aromatic rings. The van der Waals surface area contributed by atoms with Crippen LogP contribution in [-0.4, -0.2) is 42.7 Å². The van der Waals surface area contributed by atoms with Gasteiger partial charge in [0, 0.05) is 25.0 Å². The lowest BCUT2D eigenvalue weighted by molar-refractivity contribution is 0.117. The van der Waals surface area contributed by atoms with Gasteiger partial charge in [-0.1, -0.05) is 74.5 Å². The molecule has 27 heavy (non-hydrogen) atoms. The number of rotatable bonds is 8. The van der Waals surface area contributed by atoms with E-state index in [1.807, 2.05) is 0 Å². The standard InChI is InChI=1S/C23H31N2OP/c1-4-23(24-25-17-11-12-20(25)18-26-3)19(2)27(21-13-7-5-8-14-21)22-15-9-6-10-16-22/h5-10,13-16,19-20H,4,11-12,17-18H2,1-3H3/b24-23-/t19-,20+/m1/s1. The molecule has 2 aromatic carbocycles. The van der Waals surface area contributed by atoms with Crippen molar-refractivity contribution in [2.24, 2.45) is 5.10 Å². The van der Waals surface area contributed by atoms with Gasteiger partial charge < -0.3 is 4.74 Å². The van der Waals surface area contributed by atoms with Crippen LogP contribution in [0.1, 0.15) is 33.1 Å². The van der Waals surface area contributed by atoms with Crippen LogP contribution in [0.3, 0.4) is 0 Å². The van der Waals surface area contributed by atoms with Crippen LogP contribution in [0.15, 0.2) is 65.8 Å². The molecule has 0 N–H and O–H groups in total. The van der Waals surface area contributed by atoms with Crippen LogP contribution in [0.2, 0.25) is 0 Å². The fourth-order valence-electron chi connectivity index (χ4n) is 3.85. The van der Waals surface area contributed by atoms with Gasteiger partial charge >= 0.3 is 0 Å². The summed E-state index contributed by atoms with van der Waals surface area (Å²) in [4.78, 5) is 0. The lowest BCUT2D eigenvalue weighted by Crippen LogP contribution is -2.32. The summed E-state index contributed by atoms with van der Waals surface area (Å²) < 4.78 is 5.41. The first-order valence-corrected chi connectivity index (χ1v) is 11.4. The second-order valence-electron chi connectivity index (χ2n) is 7.08. The van der Waals surface area contributed by atoms with Gasteiger partial charge in [-0.15, -0.1) is 0 Å². The summed E-state index contributed by atoms with van der Waals surface area (Å²) in [6.07, 6.45) is 3.36. The molecular weight excluding hydrogens is 351 g/mol. The van der Waals surface area contributed by atoms with Gasteiger partial charge in [0.15, 0.2) is 0 Å². The first kappa shape index (κ1) is 20.0. The Bertz CT molecular complexity index is 680. The molecule has 0 saturated carbocycles. The largest absolute Gasteiger partial charge is 0.382 e. The monoisotopic (exact) mass is 382 g/mol. The van der Waals surface area contributed by atoms with Crippen molar-refractivity contribution in [2.45, 2.75) is 44.8 Å². The van der Waals surface area contributed by atoms with Crippen LogP contribution in [0.5, 0.6) is 0 Å². The maximum Gasteiger partial charge on any atom is 0.0704 e. The quantitative estimate of drug-likeness (QED) is 0.500. The lowest BCUT2D eigenvalue weighted by atomic mass is 10.2. The highest BCUT2D eigenvalue weighted by molar-refractivity contribution is 7.74. The molecule has 3 nitrogen and oxygen atoms in total. The van der Waals surface area contributed by atoms with Gasteiger partial charge in [0.05, 0.1) is 12.6 Å². The zero-order valence-electron chi connectivity index (χ0n) is 16.7. The van der Waals surface area contributed by atoms with Crippen LogP contribution < -0.4 is 10.6 Å². The smallest absolute Gasteiger partial charge is 0.0704 e. The van der Waals surface area contributed by atoms with Crippen LogP contribution in [0.4, 0.5) is 0 Å². The summed E-state index contributed by atoms with van der Waals surface area (Å²) in [6.45, 7) is 6.40. The molecule has 144 valence electrons. The number of hydrogen-bond acceptors (Lipinski definition) is 3. The number of benzene rings is 2. The van der Waals surface area contributed by atoms with E-state index in [0.29, 0.717) is 11.7 Å². The van der Waals surface area contributed by atoms with Crippen molar-refractivity contribution in [1.82, 2.24) is 5.01 Å². The fourth-order valence-corrected chi connectivity index (χ4v) is 6.56. The van der Waals surface area contributed by atoms with Crippen LogP contribution in [0, 0.1) is 0 Å². The predicted molar refractivity (Wildman–Crippen MR) is 118 cm³/mol. The van der Waals surface area contributed by atoms with E-state index >= 15 is 0 Å². The Morgan fingerprint density at radius 3 is 2.22 bits per heavy atom. The molecule has 1 fully saturated rings. The molecule has 2 atom stereocenters. The van der Waals surface area contributed by atoms with Crippen molar-refractivity contribution in [1.29, 1.82) is 0 Å². The highest BCUT2D eigenvalue weighted by Crippen LogP contribution is 2.40. The SMILES string of the molecule is CC/C(=N/N1CCC[C@H]1COC)[C@@H](C)P(c1ccccc1)c1ccccc1. The zero-order valence-corrected chi connectivity index (χ0v) is 17.6. The van der Waals surface area contributed by atoms with E-state index < -0.39 is 7.92 Å². The average molecular weight is 382 g/mol. The van der Waals surface area contributed by atoms with Gasteiger partial charge in [0.2, 0.25) is 0 Å². The molecule has 4 heteroatoms. The summed E-state index contributed by atoms with van der Waals surface area (Å²) in [5.41, 5.74) is 1.70. The van der Waals surface area contributed by atoms with Gasteiger partial charge in [-0.25, -0.2) is 0 Å². The van der Waals surface area contributed by atoms with Crippen molar-refractivity contribution in [3.8, 4) is 0 Å². The molecule has 1 aliphatic heterocycles. The molecule has 1 heterocycles. The topological polar surface area (TPSA) is 24.8 Å². The van der Waals surface area contributed by atoms with Crippen molar-refractivity contribution in [3.05, 3.63) is 60.7 Å². The molecule has 3 rings (SSSR count). The van der Waals surface area contributed by atoms with Crippen LogP contribution in [-0.2, 0) is 4.74 Å². The molecule has 0 aliphatic carbocycles. The molecule has 1 saturated heterocycles. The van der Waals surface area contributed by atoms with E-state index in [1.54, 1.807) is 7.11 Å². The van der Waals surface area contributed by atoms with Crippen molar-refractivity contribution in [3.63, 3.8) is 0 Å². The highest BCUT2D eigenvalue weighted by Gasteiger charge is 2.28. The minimum Gasteiger partial charge on any atom is -0.382 e. The minimum atomic E-state index is -0.488. The van der Waals surface area contributed by atoms with Gasteiger partial charge in [-0.2, -0.15) is 5.10 Å². The maximum atomic E-state index is 5.41. The van der Waals surface area contributed by atoms with Crippen molar-refractivity contribution >= 4 is 24.2 Å². The molecule has 0 radical (unpaired) electrons. The van der Waals surface area contributed by atoms with Gasteiger partial charge in [0.25, 0.3) is 0 Å². The molecule has 0 bridgehead atoms. The first-order chi connectivity index (χ1) is 13.2. The summed E-state index contributed by atoms with van der Waals surface area (Å²) in [6, 6.07) is 22.3. The molecule has 0 amide bonds. The summed E-state index contributed by atoms with van der Waals surface area (Å²) in [5, 5.41) is 10.3. The number of methoxy groups -OCH3 is 1. The Balaban J connectivity index is 1.92. The Morgan fingerprint density at radius 2 is 1.70 bits per heavy atom.